The van der Waals surface area contributed by atoms with Gasteiger partial charge in [0, 0.05) is 37.2 Å². The Morgan fingerprint density at radius 1 is 1.27 bits per heavy atom. The monoisotopic (exact) mass is 523 g/mol. The molecule has 4 rings (SSSR count). The molecule has 1 aromatic rings. The third-order valence-corrected chi connectivity index (χ3v) is 6.69. The molecular weight excluding hydrogens is 491 g/mol. The normalized spacial score (nSPS) is 24.7. The maximum absolute atomic E-state index is 15.3. The average molecular weight is 524 g/mol. The van der Waals surface area contributed by atoms with Crippen molar-refractivity contribution in [1.29, 1.82) is 0 Å². The molecule has 11 heteroatoms. The number of amides is 1. The van der Waals surface area contributed by atoms with E-state index in [0.29, 0.717) is 6.54 Å². The molecule has 2 aliphatic carbocycles. The van der Waals surface area contributed by atoms with Crippen molar-refractivity contribution in [3.8, 4) is 0 Å². The summed E-state index contributed by atoms with van der Waals surface area (Å²) in [7, 11) is 0. The Hall–Kier alpha value is -3.24. The zero-order valence-electron chi connectivity index (χ0n) is 21.3. The van der Waals surface area contributed by atoms with Gasteiger partial charge in [0.25, 0.3) is 0 Å². The largest absolute Gasteiger partial charge is 0.506 e. The van der Waals surface area contributed by atoms with E-state index in [9.17, 15) is 19.1 Å². The molecule has 0 unspecified atom stereocenters. The molecule has 1 saturated heterocycles. The SMILES string of the molecule is CCOC(=O)C(C=N[C@@H]1C[C@@H]1F)=C(O)c1cc(F)c(N2C[C@@H](NC(=O)OC(C)(C)C)C3(CC3)C2)cc1F. The molecule has 8 nitrogen and oxygen atoms in total. The van der Waals surface area contributed by atoms with Crippen molar-refractivity contribution in [3.63, 3.8) is 0 Å². The van der Waals surface area contributed by atoms with Gasteiger partial charge in [-0.3, -0.25) is 4.99 Å². The van der Waals surface area contributed by atoms with E-state index in [2.05, 4.69) is 10.3 Å². The zero-order chi connectivity index (χ0) is 27.1. The van der Waals surface area contributed by atoms with E-state index < -0.39 is 58.4 Å². The second-order valence-corrected chi connectivity index (χ2v) is 10.8. The third-order valence-electron chi connectivity index (χ3n) is 6.69. The molecule has 3 atom stereocenters. The van der Waals surface area contributed by atoms with Gasteiger partial charge in [-0.1, -0.05) is 0 Å². The fourth-order valence-corrected chi connectivity index (χ4v) is 4.47. The molecule has 3 aliphatic rings. The first kappa shape index (κ1) is 26.8. The van der Waals surface area contributed by atoms with Gasteiger partial charge in [-0.15, -0.1) is 0 Å². The summed E-state index contributed by atoms with van der Waals surface area (Å²) in [5.74, 6) is -3.63. The number of aliphatic imine (C=N–C) groups is 1. The summed E-state index contributed by atoms with van der Waals surface area (Å²) in [4.78, 5) is 30.2. The summed E-state index contributed by atoms with van der Waals surface area (Å²) < 4.78 is 53.9. The number of esters is 1. The van der Waals surface area contributed by atoms with Crippen LogP contribution in [0.25, 0.3) is 5.76 Å². The number of nitrogens with zero attached hydrogens (tertiary/aromatic N) is 2. The Bertz CT molecular complexity index is 1140. The molecule has 0 aromatic heterocycles. The van der Waals surface area contributed by atoms with Crippen molar-refractivity contribution in [3.05, 3.63) is 34.9 Å². The molecule has 202 valence electrons. The third kappa shape index (κ3) is 6.02. The van der Waals surface area contributed by atoms with E-state index in [0.717, 1.165) is 31.2 Å². The number of rotatable bonds is 7. The van der Waals surface area contributed by atoms with Gasteiger partial charge in [0.15, 0.2) is 0 Å². The summed E-state index contributed by atoms with van der Waals surface area (Å²) in [6.45, 7) is 7.46. The Balaban J connectivity index is 1.57. The van der Waals surface area contributed by atoms with Crippen LogP contribution in [0.3, 0.4) is 0 Å². The molecular formula is C26H32F3N3O5. The molecule has 3 fully saturated rings. The number of alkyl carbamates (subject to hydrolysis) is 1. The van der Waals surface area contributed by atoms with Crippen LogP contribution in [0.5, 0.6) is 0 Å². The minimum Gasteiger partial charge on any atom is -0.506 e. The Labute approximate surface area is 213 Å². The van der Waals surface area contributed by atoms with Crippen molar-refractivity contribution in [2.45, 2.75) is 70.8 Å². The van der Waals surface area contributed by atoms with Crippen LogP contribution in [-0.4, -0.2) is 66.9 Å². The first-order valence-corrected chi connectivity index (χ1v) is 12.3. The fraction of sp³-hybridized carbons (Fsp3) is 0.577. The maximum atomic E-state index is 15.3. The zero-order valence-corrected chi connectivity index (χ0v) is 21.3. The van der Waals surface area contributed by atoms with Crippen LogP contribution in [0.15, 0.2) is 22.7 Å². The topological polar surface area (TPSA) is 100 Å². The van der Waals surface area contributed by atoms with Gasteiger partial charge in [-0.2, -0.15) is 0 Å². The van der Waals surface area contributed by atoms with Crippen LogP contribution in [0.4, 0.5) is 23.7 Å². The van der Waals surface area contributed by atoms with Gasteiger partial charge >= 0.3 is 12.1 Å². The lowest BCUT2D eigenvalue weighted by atomic mass is 10.0. The number of hydrogen-bond donors (Lipinski definition) is 2. The number of carbonyl (C=O) groups is 2. The molecule has 2 saturated carbocycles. The summed E-state index contributed by atoms with van der Waals surface area (Å²) in [5, 5.41) is 13.5. The van der Waals surface area contributed by atoms with Crippen molar-refractivity contribution in [1.82, 2.24) is 5.32 Å². The lowest BCUT2D eigenvalue weighted by molar-refractivity contribution is -0.137. The number of aliphatic hydroxyl groups is 1. The minimum absolute atomic E-state index is 0.0242. The van der Waals surface area contributed by atoms with Crippen molar-refractivity contribution >= 4 is 29.7 Å². The molecule has 0 radical (unpaired) electrons. The molecule has 37 heavy (non-hydrogen) atoms. The van der Waals surface area contributed by atoms with Gasteiger partial charge in [-0.25, -0.2) is 22.8 Å². The Morgan fingerprint density at radius 3 is 2.51 bits per heavy atom. The lowest BCUT2D eigenvalue weighted by Gasteiger charge is -2.24. The quantitative estimate of drug-likeness (QED) is 0.237. The highest BCUT2D eigenvalue weighted by Crippen LogP contribution is 2.54. The highest BCUT2D eigenvalue weighted by atomic mass is 19.1. The van der Waals surface area contributed by atoms with Crippen LogP contribution in [0, 0.1) is 17.0 Å². The number of carbonyl (C=O) groups excluding carboxylic acids is 2. The number of aliphatic hydroxyl groups excluding tert-OH is 1. The molecule has 1 heterocycles. The van der Waals surface area contributed by atoms with Gasteiger partial charge in [0.1, 0.15) is 34.7 Å². The van der Waals surface area contributed by atoms with Crippen LogP contribution < -0.4 is 10.2 Å². The molecule has 0 bridgehead atoms. The van der Waals surface area contributed by atoms with E-state index in [-0.39, 0.29) is 36.7 Å². The second-order valence-electron chi connectivity index (χ2n) is 10.8. The lowest BCUT2D eigenvalue weighted by Crippen LogP contribution is -2.44. The predicted molar refractivity (Wildman–Crippen MR) is 131 cm³/mol. The number of ether oxygens (including phenoxy) is 2. The van der Waals surface area contributed by atoms with Gasteiger partial charge in [0.05, 0.1) is 29.9 Å². The van der Waals surface area contributed by atoms with Gasteiger partial charge in [0.2, 0.25) is 0 Å². The number of anilines is 1. The Kier molecular flexibility index (Phi) is 7.18. The van der Waals surface area contributed by atoms with Crippen LogP contribution in [0.2, 0.25) is 0 Å². The standard InChI is InChI=1S/C26H32F3N3O5/c1-5-36-23(34)15(11-30-19-9-17(19)28)22(33)14-8-18(29)20(10-16(14)27)32-12-21(26(13-32)6-7-26)31-24(35)37-25(2,3)4/h8,10-11,17,19,21,33H,5-7,9,12-13H2,1-4H3,(H,31,35)/t17-,19+,21+/m0/s1. The van der Waals surface area contributed by atoms with Crippen molar-refractivity contribution in [2.24, 2.45) is 10.4 Å². The average Bonchev–Trinajstić information content (AvgIpc) is 3.68. The van der Waals surface area contributed by atoms with Crippen molar-refractivity contribution < 1.29 is 37.3 Å². The van der Waals surface area contributed by atoms with Crippen LogP contribution in [0.1, 0.15) is 52.5 Å². The van der Waals surface area contributed by atoms with E-state index in [1.165, 1.54) is 0 Å². The molecule has 1 amide bonds. The number of benzene rings is 1. The van der Waals surface area contributed by atoms with E-state index in [1.54, 1.807) is 32.6 Å². The molecule has 1 spiro atoms. The smallest absolute Gasteiger partial charge is 0.407 e. The summed E-state index contributed by atoms with van der Waals surface area (Å²) in [5.41, 5.74) is -1.98. The van der Waals surface area contributed by atoms with Crippen LogP contribution >= 0.6 is 0 Å². The highest BCUT2D eigenvalue weighted by Gasteiger charge is 2.56. The maximum Gasteiger partial charge on any atom is 0.407 e. The minimum atomic E-state index is -1.14. The molecule has 1 aliphatic heterocycles. The predicted octanol–water partition coefficient (Wildman–Crippen LogP) is 4.47. The van der Waals surface area contributed by atoms with Crippen LogP contribution in [-0.2, 0) is 14.3 Å². The second kappa shape index (κ2) is 9.90. The number of alkyl halides is 1. The molecule has 1 aromatic carbocycles. The molecule has 2 N–H and O–H groups in total. The van der Waals surface area contributed by atoms with E-state index in [4.69, 9.17) is 9.47 Å². The van der Waals surface area contributed by atoms with E-state index in [1.807, 2.05) is 0 Å². The number of nitrogens with one attached hydrogen (secondary N) is 1. The fourth-order valence-electron chi connectivity index (χ4n) is 4.47. The number of hydrogen-bond acceptors (Lipinski definition) is 7. The highest BCUT2D eigenvalue weighted by molar-refractivity contribution is 6.15. The van der Waals surface area contributed by atoms with Gasteiger partial charge in [-0.05, 0) is 46.6 Å². The Morgan fingerprint density at radius 2 is 1.95 bits per heavy atom. The van der Waals surface area contributed by atoms with Gasteiger partial charge < -0.3 is 24.8 Å². The number of halogens is 3. The first-order valence-electron chi connectivity index (χ1n) is 12.3. The summed E-state index contributed by atoms with van der Waals surface area (Å²) in [6.07, 6.45) is 1.08. The first-order chi connectivity index (χ1) is 17.3. The summed E-state index contributed by atoms with van der Waals surface area (Å²) >= 11 is 0. The van der Waals surface area contributed by atoms with Crippen molar-refractivity contribution in [2.75, 3.05) is 24.6 Å². The summed E-state index contributed by atoms with van der Waals surface area (Å²) in [6, 6.07) is 0.807. The van der Waals surface area contributed by atoms with E-state index >= 15 is 8.78 Å².